The molecule has 1 heterocycles. The number of carbonyl (C=O) groups is 2. The van der Waals surface area contributed by atoms with Crippen LogP contribution < -0.4 is 5.73 Å². The number of alkyl halides is 3. The number of hydrogen-bond donors (Lipinski definition) is 3. The van der Waals surface area contributed by atoms with Gasteiger partial charge in [0, 0.05) is 29.5 Å². The normalized spacial score (nSPS) is 31.2. The van der Waals surface area contributed by atoms with Gasteiger partial charge in [0.1, 0.15) is 11.9 Å². The van der Waals surface area contributed by atoms with Crippen molar-refractivity contribution >= 4 is 23.5 Å². The van der Waals surface area contributed by atoms with E-state index < -0.39 is 71.9 Å². The molecule has 0 radical (unpaired) electrons. The van der Waals surface area contributed by atoms with E-state index in [-0.39, 0.29) is 6.42 Å². The van der Waals surface area contributed by atoms with Crippen molar-refractivity contribution in [3.63, 3.8) is 0 Å². The zero-order chi connectivity index (χ0) is 29.4. The number of rotatable bonds is 4. The van der Waals surface area contributed by atoms with Crippen molar-refractivity contribution in [1.29, 1.82) is 0 Å². The molecule has 4 N–H and O–H groups in total. The van der Waals surface area contributed by atoms with Crippen LogP contribution in [0.3, 0.4) is 0 Å². The van der Waals surface area contributed by atoms with Crippen LogP contribution in [0.15, 0.2) is 58.0 Å². The quantitative estimate of drug-likeness (QED) is 0.229. The molecule has 0 amide bonds. The first kappa shape index (κ1) is 33.7. The second-order valence-corrected chi connectivity index (χ2v) is 11.5. The third-order valence-corrected chi connectivity index (χ3v) is 7.38. The maximum atomic E-state index is 13.8. The van der Waals surface area contributed by atoms with Gasteiger partial charge in [-0.2, -0.15) is 13.2 Å². The first-order valence-electron chi connectivity index (χ1n) is 12.4. The van der Waals surface area contributed by atoms with Gasteiger partial charge in [-0.3, -0.25) is 9.59 Å². The second kappa shape index (κ2) is 14.2. The molecule has 0 aromatic carbocycles. The Morgan fingerprint density at radius 1 is 1.24 bits per heavy atom. The number of esters is 1. The van der Waals surface area contributed by atoms with Crippen molar-refractivity contribution < 1.29 is 37.7 Å². The average molecular weight is 560 g/mol. The topological polar surface area (TPSA) is 110 Å². The predicted octanol–water partition coefficient (Wildman–Crippen LogP) is 5.73. The summed E-state index contributed by atoms with van der Waals surface area (Å²) in [5, 5.41) is 23.0. The Labute approximate surface area is 227 Å². The molecule has 38 heavy (non-hydrogen) atoms. The Morgan fingerprint density at radius 3 is 2.39 bits per heavy atom. The monoisotopic (exact) mass is 559 g/mol. The number of thioether (sulfide) groups is 1. The van der Waals surface area contributed by atoms with Gasteiger partial charge >= 0.3 is 12.1 Å². The maximum absolute atomic E-state index is 13.8. The lowest BCUT2D eigenvalue weighted by Crippen LogP contribution is -2.45. The predicted molar refractivity (Wildman–Crippen MR) is 145 cm³/mol. The van der Waals surface area contributed by atoms with Crippen molar-refractivity contribution in [2.24, 2.45) is 23.0 Å². The number of ether oxygens (including phenoxy) is 1. The van der Waals surface area contributed by atoms with Crippen LogP contribution in [0.25, 0.3) is 0 Å². The molecule has 10 heteroatoms. The number of Topliss-reactive ketones (excluding diaryl/α,β-unsaturated/α-hetero) is 1. The lowest BCUT2D eigenvalue weighted by Gasteiger charge is -2.34. The molecule has 6 nitrogen and oxygen atoms in total. The van der Waals surface area contributed by atoms with Crippen molar-refractivity contribution in [2.75, 3.05) is 0 Å². The summed E-state index contributed by atoms with van der Waals surface area (Å²) in [6.45, 7) is 13.2. The van der Waals surface area contributed by atoms with Gasteiger partial charge in [-0.25, -0.2) is 0 Å². The fourth-order valence-electron chi connectivity index (χ4n) is 3.95. The Bertz CT molecular complexity index is 997. The molecule has 0 saturated carbocycles. The van der Waals surface area contributed by atoms with E-state index >= 15 is 0 Å². The van der Waals surface area contributed by atoms with Crippen LogP contribution in [-0.2, 0) is 14.3 Å². The lowest BCUT2D eigenvalue weighted by molar-refractivity contribution is -0.154. The molecule has 0 bridgehead atoms. The second-order valence-electron chi connectivity index (χ2n) is 10.3. The van der Waals surface area contributed by atoms with Gasteiger partial charge in [0.15, 0.2) is 0 Å². The fraction of sp³-hybridized carbons (Fsp3) is 0.571. The van der Waals surface area contributed by atoms with E-state index in [2.05, 4.69) is 6.58 Å². The van der Waals surface area contributed by atoms with Crippen molar-refractivity contribution in [1.82, 2.24) is 0 Å². The van der Waals surface area contributed by atoms with Gasteiger partial charge in [0.2, 0.25) is 0 Å². The smallest absolute Gasteiger partial charge is 0.412 e. The third-order valence-electron chi connectivity index (χ3n) is 6.58. The molecule has 0 fully saturated rings. The fourth-order valence-corrected chi connectivity index (χ4v) is 4.36. The Balaban J connectivity index is 3.52. The van der Waals surface area contributed by atoms with E-state index in [4.69, 9.17) is 10.5 Å². The molecule has 5 atom stereocenters. The van der Waals surface area contributed by atoms with Crippen LogP contribution in [0.5, 0.6) is 0 Å². The number of aliphatic hydroxyl groups is 2. The van der Waals surface area contributed by atoms with Gasteiger partial charge in [-0.1, -0.05) is 52.5 Å². The van der Waals surface area contributed by atoms with Gasteiger partial charge in [0.05, 0.1) is 24.0 Å². The van der Waals surface area contributed by atoms with E-state index in [9.17, 15) is 33.0 Å². The third kappa shape index (κ3) is 10.1. The van der Waals surface area contributed by atoms with Crippen LogP contribution >= 0.6 is 11.8 Å². The molecule has 0 saturated heterocycles. The highest BCUT2D eigenvalue weighted by Crippen LogP contribution is 2.33. The molecule has 1 aliphatic rings. The number of nitrogens with two attached hydrogens (primary N) is 1. The van der Waals surface area contributed by atoms with Crippen LogP contribution in [0.1, 0.15) is 60.8 Å². The summed E-state index contributed by atoms with van der Waals surface area (Å²) in [5.74, 6) is -2.93. The minimum Gasteiger partial charge on any atom is -0.457 e. The number of cyclic esters (lactones) is 1. The molecule has 0 spiro atoms. The summed E-state index contributed by atoms with van der Waals surface area (Å²) in [5.41, 5.74) is 4.46. The number of allylic oxidation sites excluding steroid dienone is 4. The van der Waals surface area contributed by atoms with Crippen LogP contribution in [-0.4, -0.2) is 46.5 Å². The summed E-state index contributed by atoms with van der Waals surface area (Å²) in [4.78, 5) is 26.7. The maximum Gasteiger partial charge on any atom is 0.412 e. The van der Waals surface area contributed by atoms with E-state index in [0.29, 0.717) is 11.3 Å². The van der Waals surface area contributed by atoms with Gasteiger partial charge in [0.25, 0.3) is 0 Å². The zero-order valence-corrected chi connectivity index (χ0v) is 23.7. The highest BCUT2D eigenvalue weighted by Gasteiger charge is 2.42. The van der Waals surface area contributed by atoms with Gasteiger partial charge < -0.3 is 20.7 Å². The SMILES string of the molecule is C=C(C)S/C=C(N)/C=C(\C)[C@@H]1C/C=C(/C(F)(F)F)C/C=C/[C@H](C)[C@H](O)[C@@H](C)C(=O)C(C)(C)[C@@H](O)CC(=O)O1. The molecular weight excluding hydrogens is 519 g/mol. The Morgan fingerprint density at radius 2 is 1.84 bits per heavy atom. The minimum atomic E-state index is -4.63. The van der Waals surface area contributed by atoms with Gasteiger partial charge in [-0.05, 0) is 42.2 Å². The summed E-state index contributed by atoms with van der Waals surface area (Å²) >= 11 is 1.27. The highest BCUT2D eigenvalue weighted by atomic mass is 32.2. The standard InChI is InChI=1S/C28H40F3NO5S/c1-16(2)38-15-21(32)13-18(4)22-12-11-20(28(29,30)31)10-8-9-17(3)25(35)19(5)26(36)27(6,7)23(33)14-24(34)37-22/h8-9,11,13,15,17,19,22-23,25,33,35H,1,10,12,14,32H2,2-7H3/b9-8+,18-13+,20-11+,21-15-/t17-,19+,22-,23-,25-/m0/s1. The number of hydrogen-bond acceptors (Lipinski definition) is 7. The molecule has 1 rings (SSSR count). The molecule has 0 aliphatic carbocycles. The van der Waals surface area contributed by atoms with E-state index in [1.807, 2.05) is 0 Å². The largest absolute Gasteiger partial charge is 0.457 e. The van der Waals surface area contributed by atoms with Crippen LogP contribution in [0.4, 0.5) is 13.2 Å². The molecule has 0 aromatic rings. The molecule has 0 aromatic heterocycles. The number of halogens is 3. The molecule has 0 unspecified atom stereocenters. The number of carbonyl (C=O) groups excluding carboxylic acids is 2. The van der Waals surface area contributed by atoms with Crippen LogP contribution in [0, 0.1) is 17.3 Å². The van der Waals surface area contributed by atoms with Gasteiger partial charge in [-0.15, -0.1) is 11.8 Å². The Kier molecular flexibility index (Phi) is 12.6. The van der Waals surface area contributed by atoms with E-state index in [0.717, 1.165) is 11.0 Å². The molecular formula is C28H40F3NO5S. The van der Waals surface area contributed by atoms with E-state index in [1.54, 1.807) is 26.2 Å². The average Bonchev–Trinajstić information content (AvgIpc) is 2.80. The first-order chi connectivity index (χ1) is 17.4. The first-order valence-corrected chi connectivity index (χ1v) is 13.2. The summed E-state index contributed by atoms with van der Waals surface area (Å²) in [7, 11) is 0. The number of aliphatic hydroxyl groups excluding tert-OH is 2. The summed E-state index contributed by atoms with van der Waals surface area (Å²) in [6, 6.07) is 0. The van der Waals surface area contributed by atoms with Crippen molar-refractivity contribution in [3.05, 3.63) is 58.0 Å². The zero-order valence-electron chi connectivity index (χ0n) is 22.8. The summed E-state index contributed by atoms with van der Waals surface area (Å²) in [6.07, 6.45) is -4.46. The molecule has 1 aliphatic heterocycles. The highest BCUT2D eigenvalue weighted by molar-refractivity contribution is 8.05. The Hall–Kier alpha value is -2.30. The van der Waals surface area contributed by atoms with Crippen molar-refractivity contribution in [3.8, 4) is 0 Å². The van der Waals surface area contributed by atoms with Crippen LogP contribution in [0.2, 0.25) is 0 Å². The van der Waals surface area contributed by atoms with E-state index in [1.165, 1.54) is 50.8 Å². The molecule has 214 valence electrons. The number of ketones is 1. The minimum absolute atomic E-state index is 0.286. The van der Waals surface area contributed by atoms with Crippen molar-refractivity contribution in [2.45, 2.75) is 85.3 Å². The lowest BCUT2D eigenvalue weighted by atomic mass is 9.73. The summed E-state index contributed by atoms with van der Waals surface area (Å²) < 4.78 is 46.8.